The van der Waals surface area contributed by atoms with Crippen molar-refractivity contribution in [3.63, 3.8) is 0 Å². The molecule has 1 unspecified atom stereocenters. The second-order valence-corrected chi connectivity index (χ2v) is 6.93. The molecule has 0 saturated carbocycles. The van der Waals surface area contributed by atoms with Gasteiger partial charge in [-0.2, -0.15) is 0 Å². The molecule has 3 aromatic rings. The molecule has 0 spiro atoms. The molecule has 3 heterocycles. The number of aryl methyl sites for hydroxylation is 1. The summed E-state index contributed by atoms with van der Waals surface area (Å²) < 4.78 is 15.4. The topological polar surface area (TPSA) is 51.0 Å². The maximum absolute atomic E-state index is 13.4. The van der Waals surface area contributed by atoms with E-state index in [0.29, 0.717) is 23.4 Å². The molecule has 0 aliphatic carbocycles. The van der Waals surface area contributed by atoms with Gasteiger partial charge in [-0.25, -0.2) is 9.37 Å². The maximum Gasteiger partial charge on any atom is 0.255 e. The zero-order valence-electron chi connectivity index (χ0n) is 15.2. The van der Waals surface area contributed by atoms with Gasteiger partial charge in [0.05, 0.1) is 11.3 Å². The number of pyridine rings is 1. The fourth-order valence-corrected chi connectivity index (χ4v) is 3.66. The molecule has 0 bridgehead atoms. The minimum Gasteiger partial charge on any atom is -0.338 e. The summed E-state index contributed by atoms with van der Waals surface area (Å²) in [6.07, 6.45) is 7.30. The average molecular weight is 364 g/mol. The summed E-state index contributed by atoms with van der Waals surface area (Å²) in [5, 5.41) is 0. The van der Waals surface area contributed by atoms with E-state index in [0.717, 1.165) is 25.2 Å². The van der Waals surface area contributed by atoms with Gasteiger partial charge in [0.15, 0.2) is 0 Å². The van der Waals surface area contributed by atoms with Crippen LogP contribution in [0.5, 0.6) is 0 Å². The van der Waals surface area contributed by atoms with Crippen molar-refractivity contribution < 1.29 is 9.18 Å². The average Bonchev–Trinajstić information content (AvgIpc) is 3.13. The van der Waals surface area contributed by atoms with Crippen LogP contribution in [0.25, 0.3) is 11.3 Å². The van der Waals surface area contributed by atoms with Gasteiger partial charge in [0.2, 0.25) is 0 Å². The first-order chi connectivity index (χ1) is 13.1. The van der Waals surface area contributed by atoms with Crippen LogP contribution >= 0.6 is 0 Å². The molecule has 1 fully saturated rings. The summed E-state index contributed by atoms with van der Waals surface area (Å²) in [6, 6.07) is 9.82. The molecule has 6 heteroatoms. The quantitative estimate of drug-likeness (QED) is 0.713. The van der Waals surface area contributed by atoms with Gasteiger partial charge in [0.25, 0.3) is 5.91 Å². The minimum absolute atomic E-state index is 0.0211. The number of amides is 1. The van der Waals surface area contributed by atoms with E-state index >= 15 is 0 Å². The summed E-state index contributed by atoms with van der Waals surface area (Å²) in [5.74, 6) is 0.949. The highest BCUT2D eigenvalue weighted by molar-refractivity contribution is 5.94. The van der Waals surface area contributed by atoms with Crippen LogP contribution < -0.4 is 0 Å². The summed E-state index contributed by atoms with van der Waals surface area (Å²) in [7, 11) is 1.98. The predicted octanol–water partition coefficient (Wildman–Crippen LogP) is 3.64. The number of nitrogens with zero attached hydrogens (tertiary/aromatic N) is 4. The fraction of sp³-hybridized carbons (Fsp3) is 0.286. The van der Waals surface area contributed by atoms with Crippen molar-refractivity contribution in [2.75, 3.05) is 13.1 Å². The smallest absolute Gasteiger partial charge is 0.255 e. The van der Waals surface area contributed by atoms with Crippen molar-refractivity contribution >= 4 is 5.91 Å². The molecular formula is C21H21FN4O. The number of rotatable bonds is 3. The van der Waals surface area contributed by atoms with Gasteiger partial charge in [0.1, 0.15) is 11.6 Å². The van der Waals surface area contributed by atoms with E-state index < -0.39 is 0 Å². The van der Waals surface area contributed by atoms with Crippen LogP contribution in [0.3, 0.4) is 0 Å². The Bertz CT molecular complexity index is 951. The molecule has 4 rings (SSSR count). The van der Waals surface area contributed by atoms with E-state index in [2.05, 4.69) is 9.97 Å². The van der Waals surface area contributed by atoms with Gasteiger partial charge in [-0.05, 0) is 37.1 Å². The van der Waals surface area contributed by atoms with Crippen LogP contribution in [0, 0.1) is 5.82 Å². The fourth-order valence-electron chi connectivity index (χ4n) is 3.66. The summed E-state index contributed by atoms with van der Waals surface area (Å²) in [5.41, 5.74) is 1.90. The molecule has 1 atom stereocenters. The van der Waals surface area contributed by atoms with Crippen molar-refractivity contribution in [3.8, 4) is 11.3 Å². The lowest BCUT2D eigenvalue weighted by atomic mass is 9.96. The highest BCUT2D eigenvalue weighted by Gasteiger charge is 2.27. The SMILES string of the molecule is Cn1ccnc1C1CCCN(C(=O)c2ccc(-c3cccc(F)c3)nc2)C1. The number of hydrogen-bond donors (Lipinski definition) is 0. The van der Waals surface area contributed by atoms with Gasteiger partial charge in [-0.1, -0.05) is 12.1 Å². The molecule has 27 heavy (non-hydrogen) atoms. The number of aromatic nitrogens is 3. The standard InChI is InChI=1S/C21H21FN4O/c1-25-11-9-23-20(25)17-5-3-10-26(14-17)21(27)16-7-8-19(24-13-16)15-4-2-6-18(22)12-15/h2,4,6-9,11-13,17H,3,5,10,14H2,1H3. The summed E-state index contributed by atoms with van der Waals surface area (Å²) >= 11 is 0. The summed E-state index contributed by atoms with van der Waals surface area (Å²) in [4.78, 5) is 23.6. The number of halogens is 1. The minimum atomic E-state index is -0.303. The van der Waals surface area contributed by atoms with Crippen molar-refractivity contribution in [2.45, 2.75) is 18.8 Å². The van der Waals surface area contributed by atoms with Gasteiger partial charge < -0.3 is 9.47 Å². The highest BCUT2D eigenvalue weighted by atomic mass is 19.1. The number of benzene rings is 1. The van der Waals surface area contributed by atoms with Crippen LogP contribution in [-0.4, -0.2) is 38.4 Å². The van der Waals surface area contributed by atoms with Crippen LogP contribution in [0.2, 0.25) is 0 Å². The van der Waals surface area contributed by atoms with Crippen molar-refractivity contribution in [3.05, 3.63) is 72.2 Å². The Hall–Kier alpha value is -3.02. The Morgan fingerprint density at radius 1 is 1.22 bits per heavy atom. The molecule has 138 valence electrons. The number of carbonyl (C=O) groups is 1. The van der Waals surface area contributed by atoms with E-state index in [1.165, 1.54) is 12.1 Å². The largest absolute Gasteiger partial charge is 0.338 e. The lowest BCUT2D eigenvalue weighted by molar-refractivity contribution is 0.0703. The third-order valence-corrected chi connectivity index (χ3v) is 5.06. The third kappa shape index (κ3) is 3.60. The number of likely N-dealkylation sites (tertiary alicyclic amines) is 1. The summed E-state index contributed by atoms with van der Waals surface area (Å²) in [6.45, 7) is 1.40. The Balaban J connectivity index is 1.50. The monoisotopic (exact) mass is 364 g/mol. The number of imidazole rings is 1. The Labute approximate surface area is 157 Å². The van der Waals surface area contributed by atoms with Gasteiger partial charge in [0, 0.05) is 50.2 Å². The molecule has 2 aromatic heterocycles. The first-order valence-corrected chi connectivity index (χ1v) is 9.10. The first kappa shape index (κ1) is 17.4. The predicted molar refractivity (Wildman–Crippen MR) is 101 cm³/mol. The number of piperidine rings is 1. The molecule has 5 nitrogen and oxygen atoms in total. The lowest BCUT2D eigenvalue weighted by Crippen LogP contribution is -2.39. The van der Waals surface area contributed by atoms with Gasteiger partial charge >= 0.3 is 0 Å². The van der Waals surface area contributed by atoms with Gasteiger partial charge in [-0.3, -0.25) is 9.78 Å². The zero-order chi connectivity index (χ0) is 18.8. The molecule has 1 saturated heterocycles. The maximum atomic E-state index is 13.4. The van der Waals surface area contributed by atoms with E-state index in [1.807, 2.05) is 22.7 Å². The van der Waals surface area contributed by atoms with Crippen LogP contribution in [-0.2, 0) is 7.05 Å². The Morgan fingerprint density at radius 2 is 2.11 bits per heavy atom. The number of hydrogen-bond acceptors (Lipinski definition) is 3. The van der Waals surface area contributed by atoms with E-state index in [1.54, 1.807) is 36.7 Å². The second kappa shape index (κ2) is 7.31. The van der Waals surface area contributed by atoms with Crippen LogP contribution in [0.4, 0.5) is 4.39 Å². The molecule has 1 aromatic carbocycles. The normalized spacial score (nSPS) is 17.1. The lowest BCUT2D eigenvalue weighted by Gasteiger charge is -2.32. The second-order valence-electron chi connectivity index (χ2n) is 6.93. The molecule has 0 N–H and O–H groups in total. The van der Waals surface area contributed by atoms with Gasteiger partial charge in [-0.15, -0.1) is 0 Å². The highest BCUT2D eigenvalue weighted by Crippen LogP contribution is 2.26. The molecule has 1 aliphatic rings. The number of carbonyl (C=O) groups excluding carboxylic acids is 1. The molecule has 0 radical (unpaired) electrons. The van der Waals surface area contributed by atoms with Crippen LogP contribution in [0.1, 0.15) is 34.9 Å². The third-order valence-electron chi connectivity index (χ3n) is 5.06. The molecular weight excluding hydrogens is 343 g/mol. The van der Waals surface area contributed by atoms with E-state index in [9.17, 15) is 9.18 Å². The van der Waals surface area contributed by atoms with Crippen molar-refractivity contribution in [1.29, 1.82) is 0 Å². The Kier molecular flexibility index (Phi) is 4.71. The van der Waals surface area contributed by atoms with Crippen LogP contribution in [0.15, 0.2) is 55.0 Å². The molecule has 1 amide bonds. The first-order valence-electron chi connectivity index (χ1n) is 9.10. The molecule has 1 aliphatic heterocycles. The van der Waals surface area contributed by atoms with Crippen molar-refractivity contribution in [1.82, 2.24) is 19.4 Å². The zero-order valence-corrected chi connectivity index (χ0v) is 15.2. The van der Waals surface area contributed by atoms with E-state index in [4.69, 9.17) is 0 Å². The Morgan fingerprint density at radius 3 is 2.81 bits per heavy atom. The van der Waals surface area contributed by atoms with Crippen molar-refractivity contribution in [2.24, 2.45) is 7.05 Å². The van der Waals surface area contributed by atoms with E-state index in [-0.39, 0.29) is 17.6 Å².